The van der Waals surface area contributed by atoms with E-state index in [2.05, 4.69) is 47.4 Å². The lowest BCUT2D eigenvalue weighted by atomic mass is 9.88. The third-order valence-electron chi connectivity index (χ3n) is 7.02. The Morgan fingerprint density at radius 3 is 2.60 bits per heavy atom. The topological polar surface area (TPSA) is 59.0 Å². The van der Waals surface area contributed by atoms with Gasteiger partial charge in [0.05, 0.1) is 0 Å². The normalized spacial score (nSPS) is 19.6. The van der Waals surface area contributed by atoms with Gasteiger partial charge in [-0.05, 0) is 66.7 Å². The molecule has 0 aromatic heterocycles. The lowest BCUT2D eigenvalue weighted by molar-refractivity contribution is -0.141. The number of benzene rings is 3. The lowest BCUT2D eigenvalue weighted by Crippen LogP contribution is -2.40. The van der Waals surface area contributed by atoms with Crippen molar-refractivity contribution in [3.05, 3.63) is 83.6 Å². The molecule has 2 saturated heterocycles. The first kappa shape index (κ1) is 23.6. The number of hydrogen-bond acceptors (Lipinski definition) is 5. The van der Waals surface area contributed by atoms with Crippen LogP contribution >= 0.6 is 0 Å². The largest absolute Gasteiger partial charge is 0.490 e. The Hall–Kier alpha value is -3.15. The second-order valence-corrected chi connectivity index (χ2v) is 9.62. The van der Waals surface area contributed by atoms with E-state index in [1.54, 1.807) is 0 Å². The van der Waals surface area contributed by atoms with Crippen LogP contribution in [0.3, 0.4) is 0 Å². The van der Waals surface area contributed by atoms with Gasteiger partial charge in [-0.3, -0.25) is 4.79 Å². The van der Waals surface area contributed by atoms with E-state index >= 15 is 0 Å². The maximum absolute atomic E-state index is 11.6. The highest BCUT2D eigenvalue weighted by Gasteiger charge is 2.23. The van der Waals surface area contributed by atoms with Gasteiger partial charge in [-0.15, -0.1) is 0 Å². The van der Waals surface area contributed by atoms with E-state index in [4.69, 9.17) is 9.47 Å². The Labute approximate surface area is 207 Å². The summed E-state index contributed by atoms with van der Waals surface area (Å²) in [7, 11) is 0. The molecule has 1 unspecified atom stereocenters. The van der Waals surface area contributed by atoms with Gasteiger partial charge >= 0.3 is 5.97 Å². The van der Waals surface area contributed by atoms with Crippen LogP contribution in [0.4, 0.5) is 0 Å². The molecule has 0 bridgehead atoms. The summed E-state index contributed by atoms with van der Waals surface area (Å²) in [6, 6.07) is 23.0. The number of carbonyl (C=O) groups is 1. The maximum atomic E-state index is 11.6. The molecule has 0 radical (unpaired) electrons. The van der Waals surface area contributed by atoms with E-state index < -0.39 is 6.10 Å². The molecule has 182 valence electrons. The van der Waals surface area contributed by atoms with Crippen molar-refractivity contribution in [2.75, 3.05) is 26.2 Å². The van der Waals surface area contributed by atoms with Gasteiger partial charge in [0.15, 0.2) is 0 Å². The highest BCUT2D eigenvalue weighted by molar-refractivity contribution is 5.83. The van der Waals surface area contributed by atoms with Crippen molar-refractivity contribution in [1.29, 1.82) is 0 Å². The van der Waals surface area contributed by atoms with Crippen molar-refractivity contribution in [2.24, 2.45) is 0 Å². The molecule has 2 fully saturated rings. The van der Waals surface area contributed by atoms with E-state index in [0.29, 0.717) is 30.4 Å². The number of allylic oxidation sites excluding steroid dienone is 1. The van der Waals surface area contributed by atoms with Crippen molar-refractivity contribution < 1.29 is 19.4 Å². The van der Waals surface area contributed by atoms with E-state index in [1.807, 2.05) is 30.3 Å². The fraction of sp³-hybridized carbons (Fsp3) is 0.367. The Bertz CT molecular complexity index is 1200. The minimum absolute atomic E-state index is 0.180. The third-order valence-corrected chi connectivity index (χ3v) is 7.02. The van der Waals surface area contributed by atoms with E-state index in [-0.39, 0.29) is 12.6 Å². The number of nitrogens with zero attached hydrogens (tertiary/aromatic N) is 1. The van der Waals surface area contributed by atoms with Crippen LogP contribution < -0.4 is 4.74 Å². The second-order valence-electron chi connectivity index (χ2n) is 9.62. The van der Waals surface area contributed by atoms with Gasteiger partial charge in [0.1, 0.15) is 24.2 Å². The van der Waals surface area contributed by atoms with Crippen LogP contribution in [0.25, 0.3) is 16.8 Å². The van der Waals surface area contributed by atoms with Gasteiger partial charge in [-0.2, -0.15) is 0 Å². The van der Waals surface area contributed by atoms with Gasteiger partial charge in [-0.1, -0.05) is 60.7 Å². The minimum atomic E-state index is -0.569. The molecule has 2 aliphatic heterocycles. The SMILES string of the molecule is O=C1CCCC(=Cc2ccccc2OCC(O)CN2CCC(c3ccc4ccccc4c3)CC2)O1. The van der Waals surface area contributed by atoms with Gasteiger partial charge < -0.3 is 19.5 Å². The van der Waals surface area contributed by atoms with E-state index in [1.165, 1.54) is 16.3 Å². The molecule has 35 heavy (non-hydrogen) atoms. The number of fused-ring (bicyclic) bond motifs is 1. The number of piperidine rings is 1. The van der Waals surface area contributed by atoms with Crippen molar-refractivity contribution in [3.63, 3.8) is 0 Å². The fourth-order valence-corrected chi connectivity index (χ4v) is 5.11. The molecule has 0 saturated carbocycles. The highest BCUT2D eigenvalue weighted by atomic mass is 16.5. The summed E-state index contributed by atoms with van der Waals surface area (Å²) in [6.07, 6.45) is 5.53. The number of aliphatic hydroxyl groups excluding tert-OH is 1. The average molecular weight is 472 g/mol. The predicted molar refractivity (Wildman–Crippen MR) is 138 cm³/mol. The molecule has 0 aliphatic carbocycles. The first-order chi connectivity index (χ1) is 17.1. The summed E-state index contributed by atoms with van der Waals surface area (Å²) >= 11 is 0. The molecular formula is C30H33NO4. The van der Waals surface area contributed by atoms with E-state index in [9.17, 15) is 9.90 Å². The first-order valence-electron chi connectivity index (χ1n) is 12.7. The molecular weight excluding hydrogens is 438 g/mol. The number of cyclic esters (lactones) is 1. The summed E-state index contributed by atoms with van der Waals surface area (Å²) in [4.78, 5) is 13.9. The quantitative estimate of drug-likeness (QED) is 0.460. The van der Waals surface area contributed by atoms with Crippen LogP contribution in [0.2, 0.25) is 0 Å². The van der Waals surface area contributed by atoms with Crippen LogP contribution in [0.5, 0.6) is 5.75 Å². The van der Waals surface area contributed by atoms with Crippen LogP contribution in [-0.2, 0) is 9.53 Å². The molecule has 5 nitrogen and oxygen atoms in total. The van der Waals surface area contributed by atoms with E-state index in [0.717, 1.165) is 44.3 Å². The number of hydrogen-bond donors (Lipinski definition) is 1. The van der Waals surface area contributed by atoms with Gasteiger partial charge in [-0.25, -0.2) is 0 Å². The standard InChI is InChI=1S/C30H33NO4/c32-27(21-34-29-10-4-3-8-26(29)19-28-9-5-11-30(33)35-28)20-31-16-14-23(15-17-31)25-13-12-22-6-1-2-7-24(22)18-25/h1-4,6-8,10,12-13,18-19,23,27,32H,5,9,11,14-17,20-21H2. The van der Waals surface area contributed by atoms with Crippen molar-refractivity contribution >= 4 is 22.8 Å². The number of para-hydroxylation sites is 1. The number of esters is 1. The van der Waals surface area contributed by atoms with Crippen LogP contribution in [-0.4, -0.2) is 48.3 Å². The molecule has 2 aliphatic rings. The molecule has 2 heterocycles. The van der Waals surface area contributed by atoms with Crippen molar-refractivity contribution in [1.82, 2.24) is 4.90 Å². The van der Waals surface area contributed by atoms with Crippen LogP contribution in [0, 0.1) is 0 Å². The minimum Gasteiger partial charge on any atom is -0.490 e. The number of ether oxygens (including phenoxy) is 2. The zero-order chi connectivity index (χ0) is 24.0. The highest BCUT2D eigenvalue weighted by Crippen LogP contribution is 2.30. The Morgan fingerprint density at radius 2 is 1.77 bits per heavy atom. The zero-order valence-corrected chi connectivity index (χ0v) is 20.1. The first-order valence-corrected chi connectivity index (χ1v) is 12.7. The molecule has 0 spiro atoms. The molecule has 3 aromatic rings. The van der Waals surface area contributed by atoms with Crippen molar-refractivity contribution in [3.8, 4) is 5.75 Å². The zero-order valence-electron chi connectivity index (χ0n) is 20.1. The molecule has 0 amide bonds. The van der Waals surface area contributed by atoms with Crippen LogP contribution in [0.15, 0.2) is 72.5 Å². The number of likely N-dealkylation sites (tertiary alicyclic amines) is 1. The monoisotopic (exact) mass is 471 g/mol. The maximum Gasteiger partial charge on any atom is 0.310 e. The number of rotatable bonds is 7. The van der Waals surface area contributed by atoms with Gasteiger partial charge in [0.25, 0.3) is 0 Å². The number of β-amino-alcohol motifs (C(OH)–C–C–N with tert-alkyl or cyclic N) is 1. The van der Waals surface area contributed by atoms with Crippen molar-refractivity contribution in [2.45, 2.75) is 44.1 Å². The molecule has 5 rings (SSSR count). The Balaban J connectivity index is 1.12. The van der Waals surface area contributed by atoms with Gasteiger partial charge in [0, 0.05) is 24.9 Å². The molecule has 3 aromatic carbocycles. The number of carbonyl (C=O) groups excluding carboxylic acids is 1. The molecule has 1 atom stereocenters. The predicted octanol–water partition coefficient (Wildman–Crippen LogP) is 5.53. The molecule has 5 heteroatoms. The summed E-state index contributed by atoms with van der Waals surface area (Å²) in [5.41, 5.74) is 2.28. The summed E-state index contributed by atoms with van der Waals surface area (Å²) in [5.74, 6) is 1.75. The Morgan fingerprint density at radius 1 is 1.00 bits per heavy atom. The average Bonchev–Trinajstić information content (AvgIpc) is 2.88. The second kappa shape index (κ2) is 11.1. The smallest absolute Gasteiger partial charge is 0.310 e. The summed E-state index contributed by atoms with van der Waals surface area (Å²) < 4.78 is 11.3. The van der Waals surface area contributed by atoms with Gasteiger partial charge in [0.2, 0.25) is 0 Å². The fourth-order valence-electron chi connectivity index (χ4n) is 5.11. The lowest BCUT2D eigenvalue weighted by Gasteiger charge is -2.33. The molecule has 1 N–H and O–H groups in total. The summed E-state index contributed by atoms with van der Waals surface area (Å²) in [6.45, 7) is 2.78. The summed E-state index contributed by atoms with van der Waals surface area (Å²) in [5, 5.41) is 13.2. The Kier molecular flexibility index (Phi) is 7.45. The number of aliphatic hydroxyl groups is 1. The third kappa shape index (κ3) is 6.11. The van der Waals surface area contributed by atoms with Crippen LogP contribution in [0.1, 0.15) is 49.1 Å².